The second-order valence-electron chi connectivity index (χ2n) is 1.95. The summed E-state index contributed by atoms with van der Waals surface area (Å²) in [5.74, 6) is 0. The number of rotatable bonds is 6. The molecular weight excluding hydrogens is 114 g/mol. The van der Waals surface area contributed by atoms with Crippen molar-refractivity contribution in [2.75, 3.05) is 13.1 Å². The van der Waals surface area contributed by atoms with Crippen molar-refractivity contribution in [2.24, 2.45) is 0 Å². The van der Waals surface area contributed by atoms with E-state index in [1.165, 1.54) is 0 Å². The monoisotopic (exact) mass is 128 g/mol. The van der Waals surface area contributed by atoms with Gasteiger partial charge < -0.3 is 5.32 Å². The molecule has 0 saturated carbocycles. The molecular formula is C7H14NO. The molecule has 0 fully saturated rings. The Kier molecular flexibility index (Phi) is 7.32. The van der Waals surface area contributed by atoms with E-state index in [0.717, 1.165) is 25.9 Å². The second kappa shape index (κ2) is 7.63. The fraction of sp³-hybridized carbons (Fsp3) is 0.857. The first-order chi connectivity index (χ1) is 4.41. The molecule has 0 aliphatic rings. The van der Waals surface area contributed by atoms with Crippen molar-refractivity contribution in [1.29, 1.82) is 0 Å². The molecule has 53 valence electrons. The zero-order valence-corrected chi connectivity index (χ0v) is 5.94. The number of carbonyl (C=O) groups excluding carboxylic acids is 1. The standard InChI is InChI=1S/C7H14NO/c1-2-8-6-4-3-5-7-9/h8H,2-6H2,1H3. The van der Waals surface area contributed by atoms with E-state index >= 15 is 0 Å². The summed E-state index contributed by atoms with van der Waals surface area (Å²) in [5, 5.41) is 3.18. The number of unbranched alkanes of at least 4 members (excludes halogenated alkanes) is 2. The van der Waals surface area contributed by atoms with Gasteiger partial charge in [-0.05, 0) is 25.9 Å². The molecule has 0 bridgehead atoms. The van der Waals surface area contributed by atoms with Crippen LogP contribution in [0.5, 0.6) is 0 Å². The van der Waals surface area contributed by atoms with Crippen LogP contribution in [0.1, 0.15) is 26.2 Å². The first-order valence-electron chi connectivity index (χ1n) is 3.47. The number of hydrogen-bond acceptors (Lipinski definition) is 2. The predicted molar refractivity (Wildman–Crippen MR) is 38.1 cm³/mol. The van der Waals surface area contributed by atoms with Gasteiger partial charge in [-0.3, -0.25) is 4.79 Å². The van der Waals surface area contributed by atoms with E-state index in [2.05, 4.69) is 12.2 Å². The molecule has 0 aliphatic heterocycles. The van der Waals surface area contributed by atoms with Gasteiger partial charge in [-0.2, -0.15) is 0 Å². The minimum atomic E-state index is 0.589. The summed E-state index contributed by atoms with van der Waals surface area (Å²) in [6.07, 6.45) is 4.51. The van der Waals surface area contributed by atoms with Crippen LogP contribution in [0.2, 0.25) is 0 Å². The third-order valence-corrected chi connectivity index (χ3v) is 1.13. The van der Waals surface area contributed by atoms with Crippen LogP contribution in [0.25, 0.3) is 0 Å². The Balaban J connectivity index is 2.66. The Bertz CT molecular complexity index is 63.9. The molecule has 0 atom stereocenters. The van der Waals surface area contributed by atoms with Gasteiger partial charge in [0.15, 0.2) is 6.29 Å². The normalized spacial score (nSPS) is 9.44. The lowest BCUT2D eigenvalue weighted by Crippen LogP contribution is -2.13. The van der Waals surface area contributed by atoms with Gasteiger partial charge in [0.2, 0.25) is 0 Å². The van der Waals surface area contributed by atoms with Crippen molar-refractivity contribution in [1.82, 2.24) is 5.32 Å². The average Bonchev–Trinajstić information content (AvgIpc) is 1.89. The van der Waals surface area contributed by atoms with Gasteiger partial charge in [0.05, 0.1) is 0 Å². The number of hydrogen-bond donors (Lipinski definition) is 1. The molecule has 0 amide bonds. The van der Waals surface area contributed by atoms with E-state index < -0.39 is 0 Å². The van der Waals surface area contributed by atoms with Gasteiger partial charge in [-0.15, -0.1) is 0 Å². The molecule has 0 unspecified atom stereocenters. The maximum absolute atomic E-state index is 9.69. The van der Waals surface area contributed by atoms with E-state index in [4.69, 9.17) is 0 Å². The molecule has 9 heavy (non-hydrogen) atoms. The van der Waals surface area contributed by atoms with E-state index in [9.17, 15) is 4.79 Å². The van der Waals surface area contributed by atoms with Crippen molar-refractivity contribution in [2.45, 2.75) is 26.2 Å². The SMILES string of the molecule is CCNCCCC[C]=O. The van der Waals surface area contributed by atoms with E-state index in [1.54, 1.807) is 0 Å². The summed E-state index contributed by atoms with van der Waals surface area (Å²) in [5.41, 5.74) is 0. The first-order valence-corrected chi connectivity index (χ1v) is 3.47. The molecule has 0 aromatic rings. The van der Waals surface area contributed by atoms with Crippen LogP contribution >= 0.6 is 0 Å². The zero-order chi connectivity index (χ0) is 6.95. The molecule has 1 radical (unpaired) electrons. The third-order valence-electron chi connectivity index (χ3n) is 1.13. The predicted octanol–water partition coefficient (Wildman–Crippen LogP) is 0.876. The maximum Gasteiger partial charge on any atom is 0.198 e. The molecule has 0 rings (SSSR count). The summed E-state index contributed by atoms with van der Waals surface area (Å²) < 4.78 is 0. The first kappa shape index (κ1) is 8.63. The van der Waals surface area contributed by atoms with Crippen LogP contribution in [-0.4, -0.2) is 19.4 Å². The third kappa shape index (κ3) is 7.63. The lowest BCUT2D eigenvalue weighted by atomic mass is 10.2. The summed E-state index contributed by atoms with van der Waals surface area (Å²) in [6.45, 7) is 4.12. The van der Waals surface area contributed by atoms with Crippen LogP contribution in [0.4, 0.5) is 0 Å². The summed E-state index contributed by atoms with van der Waals surface area (Å²) in [4.78, 5) is 9.69. The lowest BCUT2D eigenvalue weighted by molar-refractivity contribution is 0.544. The van der Waals surface area contributed by atoms with Crippen molar-refractivity contribution in [3.63, 3.8) is 0 Å². The van der Waals surface area contributed by atoms with Crippen LogP contribution in [0.15, 0.2) is 0 Å². The van der Waals surface area contributed by atoms with Crippen molar-refractivity contribution in [3.05, 3.63) is 0 Å². The molecule has 1 N–H and O–H groups in total. The fourth-order valence-corrected chi connectivity index (χ4v) is 0.624. The highest BCUT2D eigenvalue weighted by Gasteiger charge is 1.85. The van der Waals surface area contributed by atoms with Crippen molar-refractivity contribution < 1.29 is 4.79 Å². The van der Waals surface area contributed by atoms with Gasteiger partial charge in [0, 0.05) is 6.42 Å². The van der Waals surface area contributed by atoms with Gasteiger partial charge in [-0.1, -0.05) is 6.92 Å². The maximum atomic E-state index is 9.69. The average molecular weight is 128 g/mol. The Morgan fingerprint density at radius 3 is 2.78 bits per heavy atom. The summed E-state index contributed by atoms with van der Waals surface area (Å²) >= 11 is 0. The zero-order valence-electron chi connectivity index (χ0n) is 5.94. The minimum absolute atomic E-state index is 0.589. The molecule has 0 spiro atoms. The van der Waals surface area contributed by atoms with Gasteiger partial charge in [0.1, 0.15) is 0 Å². The highest BCUT2D eigenvalue weighted by atomic mass is 16.1. The van der Waals surface area contributed by atoms with Crippen molar-refractivity contribution >= 4 is 6.29 Å². The molecule has 0 saturated heterocycles. The van der Waals surface area contributed by atoms with E-state index in [-0.39, 0.29) is 0 Å². The van der Waals surface area contributed by atoms with Gasteiger partial charge >= 0.3 is 0 Å². The molecule has 2 heteroatoms. The quantitative estimate of drug-likeness (QED) is 0.538. The van der Waals surface area contributed by atoms with Crippen LogP contribution in [-0.2, 0) is 4.79 Å². The smallest absolute Gasteiger partial charge is 0.198 e. The molecule has 0 aromatic heterocycles. The lowest BCUT2D eigenvalue weighted by Gasteiger charge is -1.96. The van der Waals surface area contributed by atoms with Gasteiger partial charge in [0.25, 0.3) is 0 Å². The molecule has 0 aliphatic carbocycles. The largest absolute Gasteiger partial charge is 0.317 e. The topological polar surface area (TPSA) is 29.1 Å². The highest BCUT2D eigenvalue weighted by molar-refractivity contribution is 5.50. The van der Waals surface area contributed by atoms with Crippen LogP contribution < -0.4 is 5.32 Å². The molecule has 2 nitrogen and oxygen atoms in total. The Labute approximate surface area is 56.6 Å². The van der Waals surface area contributed by atoms with Crippen molar-refractivity contribution in [3.8, 4) is 0 Å². The summed E-state index contributed by atoms with van der Waals surface area (Å²) in [6, 6.07) is 0. The van der Waals surface area contributed by atoms with E-state index in [0.29, 0.717) is 6.42 Å². The molecule has 0 aromatic carbocycles. The fourth-order valence-electron chi connectivity index (χ4n) is 0.624. The summed E-state index contributed by atoms with van der Waals surface area (Å²) in [7, 11) is 0. The number of nitrogens with one attached hydrogen (secondary N) is 1. The van der Waals surface area contributed by atoms with Gasteiger partial charge in [-0.25, -0.2) is 0 Å². The Morgan fingerprint density at radius 2 is 2.22 bits per heavy atom. The molecule has 0 heterocycles. The highest BCUT2D eigenvalue weighted by Crippen LogP contribution is 1.88. The Hall–Kier alpha value is -0.370. The minimum Gasteiger partial charge on any atom is -0.317 e. The second-order valence-corrected chi connectivity index (χ2v) is 1.95. The van der Waals surface area contributed by atoms with Crippen LogP contribution in [0, 0.1) is 0 Å². The Morgan fingerprint density at radius 1 is 1.44 bits per heavy atom. The van der Waals surface area contributed by atoms with Crippen LogP contribution in [0.3, 0.4) is 0 Å². The van der Waals surface area contributed by atoms with E-state index in [1.807, 2.05) is 6.29 Å².